The Kier molecular flexibility index (Phi) is 9.50. The van der Waals surface area contributed by atoms with Crippen molar-refractivity contribution in [2.45, 2.75) is 4.90 Å². The van der Waals surface area contributed by atoms with E-state index < -0.39 is 5.91 Å². The Morgan fingerprint density at radius 2 is 1.53 bits per heavy atom. The molecule has 43 heavy (non-hydrogen) atoms. The van der Waals surface area contributed by atoms with Crippen molar-refractivity contribution in [2.75, 3.05) is 35.4 Å². The van der Waals surface area contributed by atoms with Gasteiger partial charge in [-0.1, -0.05) is 53.8 Å². The fraction of sp³-hybridized carbons (Fsp3) is 0.0909. The van der Waals surface area contributed by atoms with Crippen LogP contribution < -0.4 is 20.9 Å². The average Bonchev–Trinajstić information content (AvgIpc) is 3.43. The first-order chi connectivity index (χ1) is 20.8. The van der Waals surface area contributed by atoms with E-state index in [1.165, 1.54) is 23.1 Å². The highest BCUT2D eigenvalue weighted by molar-refractivity contribution is 8.00. The van der Waals surface area contributed by atoms with Crippen LogP contribution in [0.5, 0.6) is 0 Å². The number of hydrogen-bond acceptors (Lipinski definition) is 7. The fourth-order valence-corrected chi connectivity index (χ4v) is 5.62. The average molecular weight is 608 g/mol. The number of thioether (sulfide) groups is 1. The van der Waals surface area contributed by atoms with Crippen molar-refractivity contribution in [1.82, 2.24) is 10.3 Å². The SMILES string of the molecule is CN(C)c1ccc(/C=C(\NC(=O)c2ccccc2)C(=O)Nc2ccc(SCC(=O)Nc3nc4ccccc4s3)cc2)cc1. The predicted molar refractivity (Wildman–Crippen MR) is 177 cm³/mol. The number of amides is 3. The van der Waals surface area contributed by atoms with Crippen LogP contribution in [0.25, 0.3) is 16.3 Å². The molecule has 0 radical (unpaired) electrons. The molecule has 8 nitrogen and oxygen atoms in total. The smallest absolute Gasteiger partial charge is 0.272 e. The van der Waals surface area contributed by atoms with Crippen LogP contribution in [0.4, 0.5) is 16.5 Å². The summed E-state index contributed by atoms with van der Waals surface area (Å²) in [4.78, 5) is 46.0. The summed E-state index contributed by atoms with van der Waals surface area (Å²) < 4.78 is 1.02. The van der Waals surface area contributed by atoms with Gasteiger partial charge >= 0.3 is 0 Å². The number of para-hydroxylation sites is 1. The first kappa shape index (κ1) is 29.6. The molecule has 0 aliphatic carbocycles. The third-order valence-corrected chi connectivity index (χ3v) is 8.24. The monoisotopic (exact) mass is 607 g/mol. The van der Waals surface area contributed by atoms with E-state index in [4.69, 9.17) is 0 Å². The summed E-state index contributed by atoms with van der Waals surface area (Å²) in [5, 5.41) is 9.04. The van der Waals surface area contributed by atoms with Crippen LogP contribution >= 0.6 is 23.1 Å². The van der Waals surface area contributed by atoms with Gasteiger partial charge in [-0.05, 0) is 72.3 Å². The van der Waals surface area contributed by atoms with Crippen LogP contribution in [0.2, 0.25) is 0 Å². The summed E-state index contributed by atoms with van der Waals surface area (Å²) in [5.74, 6) is -0.782. The number of anilines is 3. The van der Waals surface area contributed by atoms with Gasteiger partial charge in [0.25, 0.3) is 11.8 Å². The van der Waals surface area contributed by atoms with E-state index in [1.807, 2.05) is 85.7 Å². The second-order valence-corrected chi connectivity index (χ2v) is 11.7. The maximum absolute atomic E-state index is 13.3. The lowest BCUT2D eigenvalue weighted by Gasteiger charge is -2.13. The standard InChI is InChI=1S/C33H29N5O3S2/c1-38(2)25-16-12-22(13-17-25)20-28(35-31(40)23-8-4-3-5-9-23)32(41)34-24-14-18-26(19-15-24)42-21-30(39)37-33-36-27-10-6-7-11-29(27)43-33/h3-20H,21H2,1-2H3,(H,34,41)(H,35,40)(H,36,37,39)/b28-20-. The Labute approximate surface area is 257 Å². The zero-order valence-corrected chi connectivity index (χ0v) is 25.2. The lowest BCUT2D eigenvalue weighted by molar-refractivity contribution is -0.114. The minimum atomic E-state index is -0.461. The van der Waals surface area contributed by atoms with Gasteiger partial charge in [-0.2, -0.15) is 0 Å². The molecular formula is C33H29N5O3S2. The normalized spacial score (nSPS) is 11.2. The highest BCUT2D eigenvalue weighted by atomic mass is 32.2. The molecule has 10 heteroatoms. The van der Waals surface area contributed by atoms with Gasteiger partial charge in [-0.25, -0.2) is 4.98 Å². The number of hydrogen-bond donors (Lipinski definition) is 3. The van der Waals surface area contributed by atoms with E-state index in [2.05, 4.69) is 20.9 Å². The molecule has 3 amide bonds. The quantitative estimate of drug-likeness (QED) is 0.124. The maximum atomic E-state index is 13.3. The van der Waals surface area contributed by atoms with Crippen LogP contribution in [0.3, 0.4) is 0 Å². The van der Waals surface area contributed by atoms with Gasteiger partial charge in [0.1, 0.15) is 5.70 Å². The van der Waals surface area contributed by atoms with Crippen LogP contribution in [0, 0.1) is 0 Å². The molecule has 0 unspecified atom stereocenters. The van der Waals surface area contributed by atoms with Gasteiger partial charge in [0.2, 0.25) is 5.91 Å². The lowest BCUT2D eigenvalue weighted by atomic mass is 10.1. The van der Waals surface area contributed by atoms with Crippen molar-refractivity contribution in [2.24, 2.45) is 0 Å². The fourth-order valence-electron chi connectivity index (χ4n) is 4.04. The van der Waals surface area contributed by atoms with Crippen LogP contribution in [0.1, 0.15) is 15.9 Å². The zero-order valence-electron chi connectivity index (χ0n) is 23.5. The molecule has 1 heterocycles. The van der Waals surface area contributed by atoms with Crippen LogP contribution in [0.15, 0.2) is 114 Å². The summed E-state index contributed by atoms with van der Waals surface area (Å²) in [6, 6.07) is 31.3. The molecule has 0 fully saturated rings. The summed E-state index contributed by atoms with van der Waals surface area (Å²) in [5.41, 5.74) is 3.74. The topological polar surface area (TPSA) is 103 Å². The molecule has 0 spiro atoms. The van der Waals surface area contributed by atoms with Crippen molar-refractivity contribution >= 4 is 73.6 Å². The van der Waals surface area contributed by atoms with Gasteiger partial charge in [0.05, 0.1) is 16.0 Å². The first-order valence-electron chi connectivity index (χ1n) is 13.4. The number of carbonyl (C=O) groups is 3. The Morgan fingerprint density at radius 1 is 0.837 bits per heavy atom. The highest BCUT2D eigenvalue weighted by Gasteiger charge is 2.15. The maximum Gasteiger partial charge on any atom is 0.272 e. The largest absolute Gasteiger partial charge is 0.378 e. The van der Waals surface area contributed by atoms with E-state index in [0.29, 0.717) is 16.4 Å². The van der Waals surface area contributed by atoms with Crippen molar-refractivity contribution in [1.29, 1.82) is 0 Å². The van der Waals surface area contributed by atoms with E-state index in [9.17, 15) is 14.4 Å². The van der Waals surface area contributed by atoms with Gasteiger partial charge in [-0.3, -0.25) is 14.4 Å². The van der Waals surface area contributed by atoms with Gasteiger partial charge < -0.3 is 20.9 Å². The van der Waals surface area contributed by atoms with E-state index in [-0.39, 0.29) is 23.3 Å². The third kappa shape index (κ3) is 8.09. The second-order valence-electron chi connectivity index (χ2n) is 9.67. The van der Waals surface area contributed by atoms with E-state index >= 15 is 0 Å². The second kappa shape index (κ2) is 13.8. The Morgan fingerprint density at radius 3 is 2.23 bits per heavy atom. The van der Waals surface area contributed by atoms with Crippen LogP contribution in [-0.4, -0.2) is 42.6 Å². The first-order valence-corrected chi connectivity index (χ1v) is 15.2. The molecule has 5 aromatic rings. The number of benzene rings is 4. The summed E-state index contributed by atoms with van der Waals surface area (Å²) in [6.07, 6.45) is 1.64. The molecule has 4 aromatic carbocycles. The lowest BCUT2D eigenvalue weighted by Crippen LogP contribution is -2.30. The van der Waals surface area contributed by atoms with Gasteiger partial charge in [0.15, 0.2) is 5.13 Å². The summed E-state index contributed by atoms with van der Waals surface area (Å²) in [7, 11) is 3.90. The Balaban J connectivity index is 1.22. The molecule has 0 aliphatic rings. The summed E-state index contributed by atoms with van der Waals surface area (Å²) in [6.45, 7) is 0. The van der Waals surface area contributed by atoms with Gasteiger partial charge in [-0.15, -0.1) is 11.8 Å². The van der Waals surface area contributed by atoms with Crippen molar-refractivity contribution in [3.05, 3.63) is 120 Å². The number of fused-ring (bicyclic) bond motifs is 1. The summed E-state index contributed by atoms with van der Waals surface area (Å²) >= 11 is 2.82. The van der Waals surface area contributed by atoms with Crippen molar-refractivity contribution < 1.29 is 14.4 Å². The van der Waals surface area contributed by atoms with E-state index in [1.54, 1.807) is 42.5 Å². The number of nitrogens with one attached hydrogen (secondary N) is 3. The number of aromatic nitrogens is 1. The molecular weight excluding hydrogens is 579 g/mol. The Hall–Kier alpha value is -4.93. The molecule has 1 aromatic heterocycles. The molecule has 0 aliphatic heterocycles. The minimum absolute atomic E-state index is 0.108. The number of rotatable bonds is 10. The van der Waals surface area contributed by atoms with Crippen molar-refractivity contribution in [3.63, 3.8) is 0 Å². The highest BCUT2D eigenvalue weighted by Crippen LogP contribution is 2.26. The number of nitrogens with zero attached hydrogens (tertiary/aromatic N) is 2. The van der Waals surface area contributed by atoms with Crippen molar-refractivity contribution in [3.8, 4) is 0 Å². The van der Waals surface area contributed by atoms with E-state index in [0.717, 1.165) is 26.4 Å². The number of thiazole rings is 1. The number of carbonyl (C=O) groups excluding carboxylic acids is 3. The zero-order chi connectivity index (χ0) is 30.2. The van der Waals surface area contributed by atoms with Gasteiger partial charge in [0, 0.05) is 35.9 Å². The van der Waals surface area contributed by atoms with Crippen LogP contribution in [-0.2, 0) is 9.59 Å². The molecule has 5 rings (SSSR count). The molecule has 3 N–H and O–H groups in total. The molecule has 216 valence electrons. The molecule has 0 saturated heterocycles. The predicted octanol–water partition coefficient (Wildman–Crippen LogP) is 6.50. The molecule has 0 bridgehead atoms. The minimum Gasteiger partial charge on any atom is -0.378 e. The Bertz CT molecular complexity index is 1730. The third-order valence-electron chi connectivity index (χ3n) is 6.27. The molecule has 0 saturated carbocycles. The molecule has 0 atom stereocenters.